The number of benzene rings is 2. The van der Waals surface area contributed by atoms with Crippen molar-refractivity contribution in [2.75, 3.05) is 17.7 Å². The van der Waals surface area contributed by atoms with E-state index in [1.54, 1.807) is 23.6 Å². The number of hydrogen-bond donors (Lipinski definition) is 2. The van der Waals surface area contributed by atoms with E-state index in [9.17, 15) is 9.59 Å². The number of thiazole rings is 1. The molecule has 0 fully saturated rings. The molecule has 0 aliphatic heterocycles. The molecule has 0 bridgehead atoms. The van der Waals surface area contributed by atoms with Crippen LogP contribution in [0.15, 0.2) is 53.9 Å². The maximum absolute atomic E-state index is 12.3. The summed E-state index contributed by atoms with van der Waals surface area (Å²) in [6.45, 7) is 0. The third-order valence-corrected chi connectivity index (χ3v) is 4.93. The molecular formula is C20H18ClN3O3S. The number of methoxy groups -OCH3 is 1. The molecule has 0 aliphatic rings. The molecule has 0 atom stereocenters. The van der Waals surface area contributed by atoms with Gasteiger partial charge in [-0.05, 0) is 30.2 Å². The van der Waals surface area contributed by atoms with Gasteiger partial charge in [-0.3, -0.25) is 9.59 Å². The van der Waals surface area contributed by atoms with Crippen molar-refractivity contribution >= 4 is 45.6 Å². The van der Waals surface area contributed by atoms with Crippen LogP contribution < -0.4 is 15.4 Å². The topological polar surface area (TPSA) is 80.3 Å². The maximum Gasteiger partial charge on any atom is 0.275 e. The second-order valence-electron chi connectivity index (χ2n) is 5.88. The summed E-state index contributed by atoms with van der Waals surface area (Å²) in [7, 11) is 1.52. The van der Waals surface area contributed by atoms with E-state index in [2.05, 4.69) is 15.6 Å². The standard InChI is InChI=1S/C20H18ClN3O3S/c1-27-17-9-8-14(11-15(17)21)22-19(26)16-12-28-20(23-16)24-18(25)10-7-13-5-3-2-4-6-13/h2-6,8-9,11-12H,7,10H2,1H3,(H,22,26)(H,23,24,25). The number of rotatable bonds is 7. The Hall–Kier alpha value is -2.90. The lowest BCUT2D eigenvalue weighted by molar-refractivity contribution is -0.116. The van der Waals surface area contributed by atoms with Gasteiger partial charge in [0.05, 0.1) is 12.1 Å². The fraction of sp³-hybridized carbons (Fsp3) is 0.150. The predicted molar refractivity (Wildman–Crippen MR) is 111 cm³/mol. The first-order valence-electron chi connectivity index (χ1n) is 8.49. The minimum absolute atomic E-state index is 0.146. The fourth-order valence-electron chi connectivity index (χ4n) is 2.46. The summed E-state index contributed by atoms with van der Waals surface area (Å²) in [5.41, 5.74) is 1.84. The summed E-state index contributed by atoms with van der Waals surface area (Å²) < 4.78 is 5.08. The van der Waals surface area contributed by atoms with E-state index in [1.807, 2.05) is 30.3 Å². The van der Waals surface area contributed by atoms with Crippen LogP contribution in [-0.4, -0.2) is 23.9 Å². The highest BCUT2D eigenvalue weighted by molar-refractivity contribution is 7.14. The van der Waals surface area contributed by atoms with Gasteiger partial charge in [0.1, 0.15) is 11.4 Å². The molecule has 2 amide bonds. The number of anilines is 2. The van der Waals surface area contributed by atoms with E-state index in [0.29, 0.717) is 34.4 Å². The number of carbonyl (C=O) groups excluding carboxylic acids is 2. The molecule has 28 heavy (non-hydrogen) atoms. The van der Waals surface area contributed by atoms with Crippen LogP contribution in [0.1, 0.15) is 22.5 Å². The lowest BCUT2D eigenvalue weighted by atomic mass is 10.1. The number of amides is 2. The van der Waals surface area contributed by atoms with Crippen LogP contribution in [0.25, 0.3) is 0 Å². The molecule has 3 aromatic rings. The average Bonchev–Trinajstić information content (AvgIpc) is 3.16. The van der Waals surface area contributed by atoms with E-state index in [4.69, 9.17) is 16.3 Å². The number of aromatic nitrogens is 1. The van der Waals surface area contributed by atoms with Gasteiger partial charge in [0, 0.05) is 17.5 Å². The number of aryl methyl sites for hydroxylation is 1. The number of halogens is 1. The van der Waals surface area contributed by atoms with Gasteiger partial charge in [0.15, 0.2) is 5.13 Å². The van der Waals surface area contributed by atoms with Gasteiger partial charge >= 0.3 is 0 Å². The van der Waals surface area contributed by atoms with Crippen LogP contribution >= 0.6 is 22.9 Å². The molecule has 144 valence electrons. The van der Waals surface area contributed by atoms with Gasteiger partial charge in [0.2, 0.25) is 5.91 Å². The van der Waals surface area contributed by atoms with Crippen LogP contribution in [0.5, 0.6) is 5.75 Å². The van der Waals surface area contributed by atoms with Crippen LogP contribution in [0.3, 0.4) is 0 Å². The zero-order valence-electron chi connectivity index (χ0n) is 15.1. The molecule has 0 saturated heterocycles. The quantitative estimate of drug-likeness (QED) is 0.589. The number of hydrogen-bond acceptors (Lipinski definition) is 5. The summed E-state index contributed by atoms with van der Waals surface area (Å²) >= 11 is 7.25. The highest BCUT2D eigenvalue weighted by Gasteiger charge is 2.13. The Kier molecular flexibility index (Phi) is 6.62. The van der Waals surface area contributed by atoms with Gasteiger partial charge in [-0.15, -0.1) is 11.3 Å². The Morgan fingerprint density at radius 2 is 1.93 bits per heavy atom. The van der Waals surface area contributed by atoms with Crippen LogP contribution in [0, 0.1) is 0 Å². The van der Waals surface area contributed by atoms with Crippen molar-refractivity contribution in [2.45, 2.75) is 12.8 Å². The average molecular weight is 416 g/mol. The molecule has 1 aromatic heterocycles. The minimum Gasteiger partial charge on any atom is -0.495 e. The highest BCUT2D eigenvalue weighted by Crippen LogP contribution is 2.27. The SMILES string of the molecule is COc1ccc(NC(=O)c2csc(NC(=O)CCc3ccccc3)n2)cc1Cl. The van der Waals surface area contributed by atoms with Gasteiger partial charge in [-0.1, -0.05) is 41.9 Å². The number of ether oxygens (including phenoxy) is 1. The second kappa shape index (κ2) is 9.34. The number of carbonyl (C=O) groups is 2. The lowest BCUT2D eigenvalue weighted by Gasteiger charge is -2.07. The highest BCUT2D eigenvalue weighted by atomic mass is 35.5. The van der Waals surface area contributed by atoms with Gasteiger partial charge in [-0.2, -0.15) is 0 Å². The summed E-state index contributed by atoms with van der Waals surface area (Å²) in [4.78, 5) is 28.6. The number of nitrogens with one attached hydrogen (secondary N) is 2. The zero-order valence-corrected chi connectivity index (χ0v) is 16.6. The third kappa shape index (κ3) is 5.31. The minimum atomic E-state index is -0.387. The Labute approximate surface area is 171 Å². The molecule has 0 radical (unpaired) electrons. The Balaban J connectivity index is 1.55. The molecule has 1 heterocycles. The summed E-state index contributed by atoms with van der Waals surface area (Å²) in [5, 5.41) is 7.81. The van der Waals surface area contributed by atoms with E-state index >= 15 is 0 Å². The van der Waals surface area contributed by atoms with Crippen LogP contribution in [0.2, 0.25) is 5.02 Å². The zero-order chi connectivity index (χ0) is 19.9. The second-order valence-corrected chi connectivity index (χ2v) is 7.14. The first kappa shape index (κ1) is 19.9. The van der Waals surface area contributed by atoms with Gasteiger partial charge in [-0.25, -0.2) is 4.98 Å². The molecule has 0 unspecified atom stereocenters. The molecule has 0 spiro atoms. The molecular weight excluding hydrogens is 398 g/mol. The first-order chi connectivity index (χ1) is 13.5. The van der Waals surface area contributed by atoms with Crippen molar-refractivity contribution in [1.29, 1.82) is 0 Å². The third-order valence-electron chi connectivity index (χ3n) is 3.88. The predicted octanol–water partition coefficient (Wildman–Crippen LogP) is 4.63. The summed E-state index contributed by atoms with van der Waals surface area (Å²) in [5.74, 6) is -0.0109. The van der Waals surface area contributed by atoms with E-state index in [0.717, 1.165) is 5.56 Å². The molecule has 0 saturated carbocycles. The van der Waals surface area contributed by atoms with Crippen molar-refractivity contribution < 1.29 is 14.3 Å². The van der Waals surface area contributed by atoms with Crippen molar-refractivity contribution in [2.24, 2.45) is 0 Å². The molecule has 3 rings (SSSR count). The van der Waals surface area contributed by atoms with Crippen molar-refractivity contribution in [3.63, 3.8) is 0 Å². The first-order valence-corrected chi connectivity index (χ1v) is 9.75. The Morgan fingerprint density at radius 1 is 1.14 bits per heavy atom. The normalized spacial score (nSPS) is 10.4. The summed E-state index contributed by atoms with van der Waals surface area (Å²) in [6.07, 6.45) is 0.985. The molecule has 6 nitrogen and oxygen atoms in total. The van der Waals surface area contributed by atoms with Crippen molar-refractivity contribution in [3.8, 4) is 5.75 Å². The van der Waals surface area contributed by atoms with Crippen molar-refractivity contribution in [3.05, 3.63) is 70.2 Å². The van der Waals surface area contributed by atoms with E-state index in [-0.39, 0.29) is 17.5 Å². The molecule has 8 heteroatoms. The monoisotopic (exact) mass is 415 g/mol. The van der Waals surface area contributed by atoms with Gasteiger partial charge < -0.3 is 15.4 Å². The summed E-state index contributed by atoms with van der Waals surface area (Å²) in [6, 6.07) is 14.7. The van der Waals surface area contributed by atoms with Crippen LogP contribution in [0.4, 0.5) is 10.8 Å². The molecule has 0 aliphatic carbocycles. The number of nitrogens with zero attached hydrogens (tertiary/aromatic N) is 1. The lowest BCUT2D eigenvalue weighted by Crippen LogP contribution is -2.14. The van der Waals surface area contributed by atoms with Crippen LogP contribution in [-0.2, 0) is 11.2 Å². The maximum atomic E-state index is 12.3. The van der Waals surface area contributed by atoms with E-state index < -0.39 is 0 Å². The van der Waals surface area contributed by atoms with Crippen molar-refractivity contribution in [1.82, 2.24) is 4.98 Å². The molecule has 2 N–H and O–H groups in total. The largest absolute Gasteiger partial charge is 0.495 e. The van der Waals surface area contributed by atoms with E-state index in [1.165, 1.54) is 18.4 Å². The smallest absolute Gasteiger partial charge is 0.275 e. The Morgan fingerprint density at radius 3 is 2.64 bits per heavy atom. The molecule has 2 aromatic carbocycles. The van der Waals surface area contributed by atoms with Gasteiger partial charge in [0.25, 0.3) is 5.91 Å². The Bertz CT molecular complexity index is 976. The fourth-order valence-corrected chi connectivity index (χ4v) is 3.42.